The molecule has 112 valence electrons. The molecule has 1 aromatic carbocycles. The van der Waals surface area contributed by atoms with E-state index < -0.39 is 10.0 Å². The van der Waals surface area contributed by atoms with Crippen LogP contribution >= 0.6 is 43.5 Å². The summed E-state index contributed by atoms with van der Waals surface area (Å²) < 4.78 is 33.4. The van der Waals surface area contributed by atoms with Gasteiger partial charge in [0.25, 0.3) is 10.0 Å². The summed E-state index contributed by atoms with van der Waals surface area (Å²) in [6.45, 7) is 0. The van der Waals surface area contributed by atoms with Crippen LogP contribution in [0.25, 0.3) is 0 Å². The first-order valence-corrected chi connectivity index (χ1v) is 8.96. The smallest absolute Gasteiger partial charge is 0.266 e. The number of ether oxygens (including phenoxy) is 1. The summed E-state index contributed by atoms with van der Waals surface area (Å²) in [5.41, 5.74) is 0. The van der Waals surface area contributed by atoms with Crippen molar-refractivity contribution in [2.24, 2.45) is 0 Å². The fourth-order valence-electron chi connectivity index (χ4n) is 1.59. The van der Waals surface area contributed by atoms with Crippen molar-refractivity contribution in [1.82, 2.24) is 4.98 Å². The second kappa shape index (κ2) is 6.51. The van der Waals surface area contributed by atoms with E-state index in [0.717, 1.165) is 0 Å². The molecule has 5 nitrogen and oxygen atoms in total. The third-order valence-electron chi connectivity index (χ3n) is 2.42. The summed E-state index contributed by atoms with van der Waals surface area (Å²) in [7, 11) is -2.51. The molecule has 2 rings (SSSR count). The van der Waals surface area contributed by atoms with Gasteiger partial charge < -0.3 is 4.74 Å². The molecule has 1 N–H and O–H groups in total. The Morgan fingerprint density at radius 2 is 2.00 bits per heavy atom. The molecule has 0 aliphatic heterocycles. The van der Waals surface area contributed by atoms with E-state index in [0.29, 0.717) is 9.08 Å². The highest BCUT2D eigenvalue weighted by Crippen LogP contribution is 2.36. The quantitative estimate of drug-likeness (QED) is 0.705. The third-order valence-corrected chi connectivity index (χ3v) is 5.03. The highest BCUT2D eigenvalue weighted by Gasteiger charge is 2.23. The number of sulfonamides is 1. The van der Waals surface area contributed by atoms with Crippen LogP contribution < -0.4 is 9.46 Å². The number of nitrogens with zero attached hydrogens (tertiary/aromatic N) is 1. The molecule has 0 aliphatic rings. The summed E-state index contributed by atoms with van der Waals surface area (Å²) >= 11 is 12.3. The molecule has 0 aliphatic carbocycles. The van der Waals surface area contributed by atoms with Crippen molar-refractivity contribution in [2.45, 2.75) is 4.90 Å². The number of hydrogen-bond acceptors (Lipinski definition) is 4. The number of benzene rings is 1. The molecule has 1 aromatic heterocycles. The molecule has 0 saturated heterocycles. The topological polar surface area (TPSA) is 68.3 Å². The molecule has 0 saturated carbocycles. The van der Waals surface area contributed by atoms with E-state index in [1.54, 1.807) is 18.2 Å². The zero-order valence-electron chi connectivity index (χ0n) is 10.6. The van der Waals surface area contributed by atoms with Crippen molar-refractivity contribution in [2.75, 3.05) is 11.8 Å². The minimum atomic E-state index is -3.89. The molecule has 21 heavy (non-hydrogen) atoms. The molecule has 0 bridgehead atoms. The standard InChI is InChI=1S/C12H9Br2ClN2O3S/c1-20-12-8(13)5-7(15)6-9(12)21(18,19)17-11-4-2-3-10(14)16-11/h2-6H,1H3,(H,16,17). The molecule has 0 unspecified atom stereocenters. The van der Waals surface area contributed by atoms with Crippen molar-refractivity contribution in [3.63, 3.8) is 0 Å². The first-order chi connectivity index (χ1) is 9.83. The lowest BCUT2D eigenvalue weighted by atomic mass is 10.3. The van der Waals surface area contributed by atoms with Gasteiger partial charge in [0.05, 0.1) is 11.6 Å². The van der Waals surface area contributed by atoms with E-state index in [2.05, 4.69) is 41.6 Å². The molecule has 2 aromatic rings. The molecule has 0 radical (unpaired) electrons. The van der Waals surface area contributed by atoms with Gasteiger partial charge in [-0.2, -0.15) is 0 Å². The van der Waals surface area contributed by atoms with Gasteiger partial charge in [0.1, 0.15) is 15.3 Å². The van der Waals surface area contributed by atoms with Crippen molar-refractivity contribution in [3.8, 4) is 5.75 Å². The fourth-order valence-corrected chi connectivity index (χ4v) is 4.32. The first kappa shape index (κ1) is 16.5. The Bertz CT molecular complexity index is 784. The van der Waals surface area contributed by atoms with Crippen molar-refractivity contribution in [3.05, 3.63) is 44.4 Å². The molecule has 0 atom stereocenters. The average molecular weight is 457 g/mol. The van der Waals surface area contributed by atoms with Gasteiger partial charge in [-0.25, -0.2) is 13.4 Å². The zero-order chi connectivity index (χ0) is 15.6. The van der Waals surface area contributed by atoms with Gasteiger partial charge >= 0.3 is 0 Å². The summed E-state index contributed by atoms with van der Waals surface area (Å²) in [4.78, 5) is 3.95. The van der Waals surface area contributed by atoms with Crippen molar-refractivity contribution < 1.29 is 13.2 Å². The van der Waals surface area contributed by atoms with Crippen LogP contribution in [0, 0.1) is 0 Å². The lowest BCUT2D eigenvalue weighted by Crippen LogP contribution is -2.15. The number of anilines is 1. The predicted molar refractivity (Wildman–Crippen MR) is 88.4 cm³/mol. The van der Waals surface area contributed by atoms with Gasteiger partial charge in [-0.1, -0.05) is 17.7 Å². The van der Waals surface area contributed by atoms with Crippen LogP contribution in [-0.4, -0.2) is 20.5 Å². The van der Waals surface area contributed by atoms with E-state index in [1.165, 1.54) is 19.2 Å². The Kier molecular flexibility index (Phi) is 5.13. The Morgan fingerprint density at radius 1 is 1.29 bits per heavy atom. The third kappa shape index (κ3) is 3.88. The fraction of sp³-hybridized carbons (Fsp3) is 0.0833. The minimum Gasteiger partial charge on any atom is -0.494 e. The van der Waals surface area contributed by atoms with Gasteiger partial charge in [-0.15, -0.1) is 0 Å². The van der Waals surface area contributed by atoms with Crippen LogP contribution in [0.5, 0.6) is 5.75 Å². The lowest BCUT2D eigenvalue weighted by molar-refractivity contribution is 0.400. The monoisotopic (exact) mass is 454 g/mol. The maximum Gasteiger partial charge on any atom is 0.266 e. The average Bonchev–Trinajstić information content (AvgIpc) is 2.37. The molecule has 0 amide bonds. The zero-order valence-corrected chi connectivity index (χ0v) is 15.3. The Labute approximate surface area is 144 Å². The second-order valence-corrected chi connectivity index (χ2v) is 7.62. The highest BCUT2D eigenvalue weighted by molar-refractivity contribution is 9.10. The number of halogens is 3. The number of nitrogens with one attached hydrogen (secondary N) is 1. The van der Waals surface area contributed by atoms with Crippen LogP contribution in [-0.2, 0) is 10.0 Å². The Morgan fingerprint density at radius 3 is 2.62 bits per heavy atom. The number of aromatic nitrogens is 1. The number of methoxy groups -OCH3 is 1. The summed E-state index contributed by atoms with van der Waals surface area (Å²) in [5, 5.41) is 0.269. The lowest BCUT2D eigenvalue weighted by Gasteiger charge is -2.13. The molecule has 0 spiro atoms. The molecular weight excluding hydrogens is 447 g/mol. The van der Waals surface area contributed by atoms with Crippen molar-refractivity contribution >= 4 is 59.3 Å². The van der Waals surface area contributed by atoms with Crippen LogP contribution in [0.4, 0.5) is 5.82 Å². The maximum absolute atomic E-state index is 12.5. The van der Waals surface area contributed by atoms with Gasteiger partial charge in [-0.3, -0.25) is 4.72 Å². The second-order valence-electron chi connectivity index (χ2n) is 3.87. The van der Waals surface area contributed by atoms with E-state index in [1.807, 2.05) is 0 Å². The summed E-state index contributed by atoms with van der Waals surface area (Å²) in [6, 6.07) is 7.75. The minimum absolute atomic E-state index is 0.0776. The Balaban J connectivity index is 2.49. The highest BCUT2D eigenvalue weighted by atomic mass is 79.9. The molecule has 9 heteroatoms. The van der Waals surface area contributed by atoms with Gasteiger partial charge in [0.2, 0.25) is 0 Å². The summed E-state index contributed by atoms with van der Waals surface area (Å²) in [5.74, 6) is 0.351. The van der Waals surface area contributed by atoms with Crippen LogP contribution in [0.3, 0.4) is 0 Å². The maximum atomic E-state index is 12.5. The Hall–Kier alpha value is -0.830. The summed E-state index contributed by atoms with van der Waals surface area (Å²) in [6.07, 6.45) is 0. The molecular formula is C12H9Br2ClN2O3S. The van der Waals surface area contributed by atoms with Crippen LogP contribution in [0.1, 0.15) is 0 Å². The van der Waals surface area contributed by atoms with Gasteiger partial charge in [-0.05, 0) is 56.1 Å². The van der Waals surface area contributed by atoms with Crippen LogP contribution in [0.2, 0.25) is 5.02 Å². The molecule has 1 heterocycles. The van der Waals surface area contributed by atoms with E-state index in [-0.39, 0.29) is 21.5 Å². The predicted octanol–water partition coefficient (Wildman–Crippen LogP) is 4.07. The largest absolute Gasteiger partial charge is 0.494 e. The van der Waals surface area contributed by atoms with E-state index in [9.17, 15) is 8.42 Å². The first-order valence-electron chi connectivity index (χ1n) is 5.52. The molecule has 0 fully saturated rings. The van der Waals surface area contributed by atoms with Gasteiger partial charge in [0.15, 0.2) is 5.75 Å². The van der Waals surface area contributed by atoms with Crippen LogP contribution in [0.15, 0.2) is 44.3 Å². The van der Waals surface area contributed by atoms with Crippen molar-refractivity contribution in [1.29, 1.82) is 0 Å². The SMILES string of the molecule is COc1c(Br)cc(Cl)cc1S(=O)(=O)Nc1cccc(Br)n1. The normalized spacial score (nSPS) is 11.2. The number of hydrogen-bond donors (Lipinski definition) is 1. The number of rotatable bonds is 4. The van der Waals surface area contributed by atoms with Gasteiger partial charge in [0, 0.05) is 5.02 Å². The number of pyridine rings is 1. The van der Waals surface area contributed by atoms with E-state index >= 15 is 0 Å². The van der Waals surface area contributed by atoms with E-state index in [4.69, 9.17) is 16.3 Å².